The molecule has 3 rings (SSSR count). The summed E-state index contributed by atoms with van der Waals surface area (Å²) in [4.78, 5) is 0. The summed E-state index contributed by atoms with van der Waals surface area (Å²) >= 11 is 0. The molecule has 0 saturated heterocycles. The third kappa shape index (κ3) is 4.41. The van der Waals surface area contributed by atoms with Crippen LogP contribution in [-0.2, 0) is 0 Å². The maximum absolute atomic E-state index is 13.5. The number of halogens is 1. The molecule has 2 aliphatic carbocycles. The van der Waals surface area contributed by atoms with E-state index >= 15 is 0 Å². The topological polar surface area (TPSA) is 0 Å². The molecule has 24 heavy (non-hydrogen) atoms. The highest BCUT2D eigenvalue weighted by atomic mass is 19.1. The third-order valence-corrected chi connectivity index (χ3v) is 6.95. The van der Waals surface area contributed by atoms with Gasteiger partial charge in [0.1, 0.15) is 5.82 Å². The van der Waals surface area contributed by atoms with Gasteiger partial charge in [-0.3, -0.25) is 0 Å². The van der Waals surface area contributed by atoms with E-state index in [1.165, 1.54) is 76.2 Å². The zero-order chi connectivity index (χ0) is 16.9. The molecule has 0 bridgehead atoms. The first kappa shape index (κ1) is 18.0. The van der Waals surface area contributed by atoms with Crippen LogP contribution in [0.5, 0.6) is 0 Å². The van der Waals surface area contributed by atoms with E-state index in [0.29, 0.717) is 5.92 Å². The third-order valence-electron chi connectivity index (χ3n) is 6.95. The summed E-state index contributed by atoms with van der Waals surface area (Å²) in [6.07, 6.45) is 15.6. The molecule has 0 nitrogen and oxygen atoms in total. The molecule has 0 aromatic heterocycles. The number of benzene rings is 1. The molecular weight excluding hydrogens is 295 g/mol. The first-order valence-corrected chi connectivity index (χ1v) is 10.4. The summed E-state index contributed by atoms with van der Waals surface area (Å²) < 4.78 is 13.5. The van der Waals surface area contributed by atoms with Crippen molar-refractivity contribution in [2.24, 2.45) is 17.8 Å². The first-order chi connectivity index (χ1) is 11.7. The lowest BCUT2D eigenvalue weighted by Crippen LogP contribution is -2.25. The fourth-order valence-electron chi connectivity index (χ4n) is 5.29. The smallest absolute Gasteiger partial charge is 0.126 e. The minimum Gasteiger partial charge on any atom is -0.207 e. The highest BCUT2D eigenvalue weighted by Gasteiger charge is 2.31. The van der Waals surface area contributed by atoms with Crippen LogP contribution in [0.1, 0.15) is 94.6 Å². The monoisotopic (exact) mass is 330 g/mol. The van der Waals surface area contributed by atoms with Gasteiger partial charge in [-0.25, -0.2) is 4.39 Å². The molecule has 2 aliphatic rings. The van der Waals surface area contributed by atoms with Crippen LogP contribution in [0, 0.1) is 30.5 Å². The van der Waals surface area contributed by atoms with Gasteiger partial charge in [-0.1, -0.05) is 51.2 Å². The fraction of sp³-hybridized carbons (Fsp3) is 0.739. The minimum atomic E-state index is -0.0627. The van der Waals surface area contributed by atoms with Crippen molar-refractivity contribution in [3.63, 3.8) is 0 Å². The van der Waals surface area contributed by atoms with Crippen LogP contribution in [0.25, 0.3) is 0 Å². The summed E-state index contributed by atoms with van der Waals surface area (Å²) in [5, 5.41) is 0. The Bertz CT molecular complexity index is 505. The summed E-state index contributed by atoms with van der Waals surface area (Å²) in [6, 6.07) is 5.76. The van der Waals surface area contributed by atoms with Crippen molar-refractivity contribution in [3.05, 3.63) is 35.1 Å². The average molecular weight is 331 g/mol. The molecule has 1 aromatic carbocycles. The lowest BCUT2D eigenvalue weighted by molar-refractivity contribution is 0.156. The van der Waals surface area contributed by atoms with Crippen molar-refractivity contribution in [1.29, 1.82) is 0 Å². The quantitative estimate of drug-likeness (QED) is 0.527. The van der Waals surface area contributed by atoms with Gasteiger partial charge in [-0.15, -0.1) is 0 Å². The lowest BCUT2D eigenvalue weighted by Gasteiger charge is -2.38. The molecule has 134 valence electrons. The second-order valence-electron chi connectivity index (χ2n) is 8.54. The van der Waals surface area contributed by atoms with Crippen molar-refractivity contribution in [2.45, 2.75) is 90.4 Å². The van der Waals surface area contributed by atoms with E-state index in [2.05, 4.69) is 13.0 Å². The Morgan fingerprint density at radius 1 is 0.917 bits per heavy atom. The highest BCUT2D eigenvalue weighted by Crippen LogP contribution is 2.44. The Kier molecular flexibility index (Phi) is 6.36. The summed E-state index contributed by atoms with van der Waals surface area (Å²) in [6.45, 7) is 4.20. The SMILES string of the molecule is CCCCC1CCC(C2CCC(c3ccc(F)c(C)c3)CC2)CC1. The maximum atomic E-state index is 13.5. The Hall–Kier alpha value is -0.850. The van der Waals surface area contributed by atoms with E-state index in [-0.39, 0.29) is 5.82 Å². The number of hydrogen-bond donors (Lipinski definition) is 0. The van der Waals surface area contributed by atoms with Crippen LogP contribution >= 0.6 is 0 Å². The van der Waals surface area contributed by atoms with Gasteiger partial charge in [-0.05, 0) is 86.3 Å². The normalized spacial score (nSPS) is 31.1. The van der Waals surface area contributed by atoms with E-state index in [1.54, 1.807) is 6.07 Å². The zero-order valence-electron chi connectivity index (χ0n) is 15.7. The zero-order valence-corrected chi connectivity index (χ0v) is 15.7. The Balaban J connectivity index is 1.46. The van der Waals surface area contributed by atoms with Gasteiger partial charge >= 0.3 is 0 Å². The van der Waals surface area contributed by atoms with Crippen molar-refractivity contribution >= 4 is 0 Å². The molecule has 0 N–H and O–H groups in total. The van der Waals surface area contributed by atoms with E-state index in [4.69, 9.17) is 0 Å². The van der Waals surface area contributed by atoms with Gasteiger partial charge < -0.3 is 0 Å². The predicted molar refractivity (Wildman–Crippen MR) is 101 cm³/mol. The van der Waals surface area contributed by atoms with Crippen molar-refractivity contribution in [1.82, 2.24) is 0 Å². The summed E-state index contributed by atoms with van der Waals surface area (Å²) in [7, 11) is 0. The van der Waals surface area contributed by atoms with Crippen LogP contribution < -0.4 is 0 Å². The van der Waals surface area contributed by atoms with Crippen molar-refractivity contribution < 1.29 is 4.39 Å². The summed E-state index contributed by atoms with van der Waals surface area (Å²) in [5.41, 5.74) is 2.18. The second kappa shape index (κ2) is 8.50. The van der Waals surface area contributed by atoms with Crippen LogP contribution in [0.15, 0.2) is 18.2 Å². The molecule has 1 heteroatoms. The minimum absolute atomic E-state index is 0.0627. The fourth-order valence-corrected chi connectivity index (χ4v) is 5.29. The Morgan fingerprint density at radius 3 is 2.12 bits per heavy atom. The second-order valence-corrected chi connectivity index (χ2v) is 8.54. The van der Waals surface area contributed by atoms with Crippen molar-refractivity contribution in [2.75, 3.05) is 0 Å². The molecule has 1 aromatic rings. The number of unbranched alkanes of at least 4 members (excludes halogenated alkanes) is 1. The first-order valence-electron chi connectivity index (χ1n) is 10.4. The average Bonchev–Trinajstić information content (AvgIpc) is 2.63. The van der Waals surface area contributed by atoms with Crippen LogP contribution in [0.2, 0.25) is 0 Å². The van der Waals surface area contributed by atoms with Gasteiger partial charge in [0, 0.05) is 0 Å². The predicted octanol–water partition coefficient (Wildman–Crippen LogP) is 7.40. The summed E-state index contributed by atoms with van der Waals surface area (Å²) in [5.74, 6) is 3.60. The standard InChI is InChI=1S/C23H35F/c1-3-4-5-18-6-8-19(9-7-18)20-10-12-21(13-11-20)22-14-15-23(24)17(2)16-22/h14-16,18-21H,3-13H2,1-2H3. The molecule has 2 fully saturated rings. The van der Waals surface area contributed by atoms with Crippen LogP contribution in [0.4, 0.5) is 4.39 Å². The van der Waals surface area contributed by atoms with Crippen LogP contribution in [0.3, 0.4) is 0 Å². The lowest BCUT2D eigenvalue weighted by atomic mass is 9.68. The maximum Gasteiger partial charge on any atom is 0.126 e. The number of aryl methyl sites for hydroxylation is 1. The Morgan fingerprint density at radius 2 is 1.54 bits per heavy atom. The van der Waals surface area contributed by atoms with E-state index in [9.17, 15) is 4.39 Å². The Labute approximate surface area is 148 Å². The molecule has 0 aliphatic heterocycles. The van der Waals surface area contributed by atoms with E-state index in [1.807, 2.05) is 13.0 Å². The molecule has 0 unspecified atom stereocenters. The largest absolute Gasteiger partial charge is 0.207 e. The van der Waals surface area contributed by atoms with Crippen molar-refractivity contribution in [3.8, 4) is 0 Å². The molecule has 0 heterocycles. The molecule has 0 radical (unpaired) electrons. The highest BCUT2D eigenvalue weighted by molar-refractivity contribution is 5.27. The van der Waals surface area contributed by atoms with Gasteiger partial charge in [-0.2, -0.15) is 0 Å². The van der Waals surface area contributed by atoms with Gasteiger partial charge in [0.25, 0.3) is 0 Å². The van der Waals surface area contributed by atoms with E-state index in [0.717, 1.165) is 23.3 Å². The molecule has 0 spiro atoms. The number of rotatable bonds is 5. The molecular formula is C23H35F. The van der Waals surface area contributed by atoms with Gasteiger partial charge in [0.05, 0.1) is 0 Å². The van der Waals surface area contributed by atoms with Gasteiger partial charge in [0.15, 0.2) is 0 Å². The molecule has 0 amide bonds. The van der Waals surface area contributed by atoms with Gasteiger partial charge in [0.2, 0.25) is 0 Å². The van der Waals surface area contributed by atoms with E-state index < -0.39 is 0 Å². The number of hydrogen-bond acceptors (Lipinski definition) is 0. The van der Waals surface area contributed by atoms with Crippen LogP contribution in [-0.4, -0.2) is 0 Å². The molecule has 0 atom stereocenters. The molecule has 2 saturated carbocycles.